The van der Waals surface area contributed by atoms with Gasteiger partial charge in [0, 0.05) is 17.5 Å². The molecule has 0 atom stereocenters. The van der Waals surface area contributed by atoms with E-state index in [1.807, 2.05) is 6.92 Å². The number of nitrogens with zero attached hydrogens (tertiary/aromatic N) is 1. The van der Waals surface area contributed by atoms with E-state index >= 15 is 0 Å². The number of hydrogen-bond acceptors (Lipinski definition) is 3. The van der Waals surface area contributed by atoms with E-state index in [0.717, 1.165) is 11.3 Å². The van der Waals surface area contributed by atoms with Gasteiger partial charge in [0.25, 0.3) is 0 Å². The van der Waals surface area contributed by atoms with E-state index in [-0.39, 0.29) is 25.6 Å². The highest BCUT2D eigenvalue weighted by Gasteiger charge is 1.99. The van der Waals surface area contributed by atoms with Crippen LogP contribution in [0.1, 0.15) is 16.8 Å². The van der Waals surface area contributed by atoms with Crippen molar-refractivity contribution in [3.05, 3.63) is 29.1 Å². The molecule has 0 saturated carbocycles. The first kappa shape index (κ1) is 11.4. The summed E-state index contributed by atoms with van der Waals surface area (Å²) in [5.74, 6) is 0. The molecule has 1 rings (SSSR count). The van der Waals surface area contributed by atoms with Crippen molar-refractivity contribution in [3.63, 3.8) is 0 Å². The van der Waals surface area contributed by atoms with Gasteiger partial charge in [0.1, 0.15) is 0 Å². The van der Waals surface area contributed by atoms with E-state index in [1.165, 1.54) is 0 Å². The Bertz CT molecular complexity index is 253. The molecule has 0 amide bonds. The van der Waals surface area contributed by atoms with E-state index in [1.54, 1.807) is 12.3 Å². The molecule has 0 saturated heterocycles. The summed E-state index contributed by atoms with van der Waals surface area (Å²) in [5.41, 5.74) is 2.30. The molecule has 0 aliphatic carbocycles. The minimum atomic E-state index is -0.0663. The molecule has 3 nitrogen and oxygen atoms in total. The van der Waals surface area contributed by atoms with Crippen LogP contribution in [-0.2, 0) is 13.2 Å². The van der Waals surface area contributed by atoms with Gasteiger partial charge in [-0.1, -0.05) is 0 Å². The fourth-order valence-corrected chi connectivity index (χ4v) is 0.934. The van der Waals surface area contributed by atoms with Crippen LogP contribution in [0.4, 0.5) is 0 Å². The summed E-state index contributed by atoms with van der Waals surface area (Å²) in [5, 5.41) is 17.6. The van der Waals surface area contributed by atoms with Gasteiger partial charge in [-0.3, -0.25) is 4.98 Å². The van der Waals surface area contributed by atoms with E-state index in [4.69, 9.17) is 10.2 Å². The molecule has 0 spiro atoms. The quantitative estimate of drug-likeness (QED) is 0.724. The van der Waals surface area contributed by atoms with Crippen LogP contribution in [-0.4, -0.2) is 15.2 Å². The van der Waals surface area contributed by atoms with Crippen LogP contribution in [0.25, 0.3) is 0 Å². The number of aryl methyl sites for hydroxylation is 1. The number of hydrogen-bond donors (Lipinski definition) is 2. The molecular weight excluding hydrogens is 178 g/mol. The van der Waals surface area contributed by atoms with Gasteiger partial charge in [0.2, 0.25) is 0 Å². The topological polar surface area (TPSA) is 53.4 Å². The van der Waals surface area contributed by atoms with Crippen molar-refractivity contribution in [3.8, 4) is 0 Å². The lowest BCUT2D eigenvalue weighted by atomic mass is 10.1. The fraction of sp³-hybridized carbons (Fsp3) is 0.375. The minimum Gasteiger partial charge on any atom is -0.392 e. The van der Waals surface area contributed by atoms with E-state index in [9.17, 15) is 0 Å². The first-order chi connectivity index (χ1) is 5.27. The maximum atomic E-state index is 8.84. The SMILES string of the molecule is Cc1cc(CO)c(CO)cn1.Cl. The number of rotatable bonds is 2. The number of aliphatic hydroxyl groups is 2. The summed E-state index contributed by atoms with van der Waals surface area (Å²) in [6.07, 6.45) is 1.58. The molecule has 0 aliphatic heterocycles. The van der Waals surface area contributed by atoms with Crippen LogP contribution in [0, 0.1) is 6.92 Å². The molecule has 0 fully saturated rings. The normalized spacial score (nSPS) is 9.25. The lowest BCUT2D eigenvalue weighted by Crippen LogP contribution is -1.96. The zero-order valence-corrected chi connectivity index (χ0v) is 7.64. The zero-order valence-electron chi connectivity index (χ0n) is 6.82. The van der Waals surface area contributed by atoms with Crippen molar-refractivity contribution in [1.29, 1.82) is 0 Å². The van der Waals surface area contributed by atoms with Crippen LogP contribution in [0.2, 0.25) is 0 Å². The molecule has 1 aromatic heterocycles. The van der Waals surface area contributed by atoms with Crippen LogP contribution in [0.5, 0.6) is 0 Å². The molecule has 1 heterocycles. The number of aliphatic hydroxyl groups excluding tert-OH is 2. The number of aromatic nitrogens is 1. The summed E-state index contributed by atoms with van der Waals surface area (Å²) in [6.45, 7) is 1.74. The number of halogens is 1. The smallest absolute Gasteiger partial charge is 0.0700 e. The van der Waals surface area contributed by atoms with Gasteiger partial charge in [0.05, 0.1) is 13.2 Å². The Morgan fingerprint density at radius 2 is 1.83 bits per heavy atom. The second-order valence-electron chi connectivity index (χ2n) is 2.41. The van der Waals surface area contributed by atoms with E-state index in [0.29, 0.717) is 5.56 Å². The zero-order chi connectivity index (χ0) is 8.27. The summed E-state index contributed by atoms with van der Waals surface area (Å²) in [7, 11) is 0. The van der Waals surface area contributed by atoms with Crippen LogP contribution >= 0.6 is 12.4 Å². The van der Waals surface area contributed by atoms with Gasteiger partial charge < -0.3 is 10.2 Å². The summed E-state index contributed by atoms with van der Waals surface area (Å²) >= 11 is 0. The molecule has 4 heteroatoms. The largest absolute Gasteiger partial charge is 0.392 e. The Balaban J connectivity index is 0.00000121. The summed E-state index contributed by atoms with van der Waals surface area (Å²) in [4.78, 5) is 3.99. The first-order valence-corrected chi connectivity index (χ1v) is 3.44. The van der Waals surface area contributed by atoms with Crippen LogP contribution in [0.3, 0.4) is 0 Å². The minimum absolute atomic E-state index is 0. The highest BCUT2D eigenvalue weighted by atomic mass is 35.5. The molecule has 2 N–H and O–H groups in total. The van der Waals surface area contributed by atoms with Crippen molar-refractivity contribution in [2.75, 3.05) is 0 Å². The predicted molar refractivity (Wildman–Crippen MR) is 48.1 cm³/mol. The lowest BCUT2D eigenvalue weighted by Gasteiger charge is -2.03. The molecule has 0 aliphatic rings. The van der Waals surface area contributed by atoms with Gasteiger partial charge in [-0.2, -0.15) is 0 Å². The van der Waals surface area contributed by atoms with Crippen LogP contribution < -0.4 is 0 Å². The third kappa shape index (κ3) is 2.44. The van der Waals surface area contributed by atoms with Gasteiger partial charge in [-0.25, -0.2) is 0 Å². The third-order valence-corrected chi connectivity index (χ3v) is 1.56. The first-order valence-electron chi connectivity index (χ1n) is 3.44. The Kier molecular flexibility index (Phi) is 4.81. The fourth-order valence-electron chi connectivity index (χ4n) is 0.934. The second kappa shape index (κ2) is 5.09. The Morgan fingerprint density at radius 3 is 2.33 bits per heavy atom. The lowest BCUT2D eigenvalue weighted by molar-refractivity contribution is 0.259. The molecule has 0 unspecified atom stereocenters. The summed E-state index contributed by atoms with van der Waals surface area (Å²) < 4.78 is 0. The van der Waals surface area contributed by atoms with Crippen molar-refractivity contribution in [2.45, 2.75) is 20.1 Å². The maximum Gasteiger partial charge on any atom is 0.0700 e. The average Bonchev–Trinajstić information content (AvgIpc) is 2.04. The molecular formula is C8H12ClNO2. The van der Waals surface area contributed by atoms with Gasteiger partial charge in [0.15, 0.2) is 0 Å². The number of pyridine rings is 1. The van der Waals surface area contributed by atoms with Crippen molar-refractivity contribution in [2.24, 2.45) is 0 Å². The van der Waals surface area contributed by atoms with Crippen molar-refractivity contribution < 1.29 is 10.2 Å². The molecule has 12 heavy (non-hydrogen) atoms. The monoisotopic (exact) mass is 189 g/mol. The van der Waals surface area contributed by atoms with E-state index in [2.05, 4.69) is 4.98 Å². The maximum absolute atomic E-state index is 8.84. The average molecular weight is 190 g/mol. The molecule has 68 valence electrons. The van der Waals surface area contributed by atoms with Crippen molar-refractivity contribution >= 4 is 12.4 Å². The molecule has 0 bridgehead atoms. The van der Waals surface area contributed by atoms with Gasteiger partial charge in [-0.15, -0.1) is 12.4 Å². The highest BCUT2D eigenvalue weighted by Crippen LogP contribution is 2.08. The standard InChI is InChI=1S/C8H11NO2.ClH/c1-6-2-7(4-10)8(5-11)3-9-6;/h2-3,10-11H,4-5H2,1H3;1H. The van der Waals surface area contributed by atoms with Gasteiger partial charge >= 0.3 is 0 Å². The third-order valence-electron chi connectivity index (χ3n) is 1.56. The second-order valence-corrected chi connectivity index (χ2v) is 2.41. The van der Waals surface area contributed by atoms with Crippen molar-refractivity contribution in [1.82, 2.24) is 4.98 Å². The molecule has 0 radical (unpaired) electrons. The van der Waals surface area contributed by atoms with Gasteiger partial charge in [-0.05, 0) is 18.6 Å². The Labute approximate surface area is 77.5 Å². The molecule has 0 aromatic carbocycles. The van der Waals surface area contributed by atoms with Crippen LogP contribution in [0.15, 0.2) is 12.3 Å². The van der Waals surface area contributed by atoms with E-state index < -0.39 is 0 Å². The Morgan fingerprint density at radius 1 is 1.25 bits per heavy atom. The highest BCUT2D eigenvalue weighted by molar-refractivity contribution is 5.85. The molecule has 1 aromatic rings. The summed E-state index contributed by atoms with van der Waals surface area (Å²) in [6, 6.07) is 1.77. The predicted octanol–water partition coefficient (Wildman–Crippen LogP) is 0.796. The Hall–Kier alpha value is -0.640.